The van der Waals surface area contributed by atoms with E-state index in [-0.39, 0.29) is 11.7 Å². The fraction of sp³-hybridized carbons (Fsp3) is 0.0714. The number of nitrogens with zero attached hydrogens (tertiary/aromatic N) is 2. The van der Waals surface area contributed by atoms with Crippen molar-refractivity contribution in [3.8, 4) is 0 Å². The summed E-state index contributed by atoms with van der Waals surface area (Å²) in [6, 6.07) is 11.7. The van der Waals surface area contributed by atoms with Crippen LogP contribution in [0.3, 0.4) is 0 Å². The van der Waals surface area contributed by atoms with Gasteiger partial charge in [0.15, 0.2) is 5.84 Å². The molecule has 0 bridgehead atoms. The van der Waals surface area contributed by atoms with Gasteiger partial charge in [-0.25, -0.2) is 4.39 Å². The number of amidine groups is 1. The summed E-state index contributed by atoms with van der Waals surface area (Å²) in [5, 5.41) is 11.9. The highest BCUT2D eigenvalue weighted by atomic mass is 79.9. The van der Waals surface area contributed by atoms with Gasteiger partial charge in [-0.2, -0.15) is 0 Å². The molecule has 2 rings (SSSR count). The predicted octanol–water partition coefficient (Wildman–Crippen LogP) is 3.45. The van der Waals surface area contributed by atoms with Gasteiger partial charge >= 0.3 is 0 Å². The second-order valence-corrected chi connectivity index (χ2v) is 5.07. The number of hydrogen-bond donors (Lipinski definition) is 2. The Morgan fingerprint density at radius 3 is 2.60 bits per heavy atom. The lowest BCUT2D eigenvalue weighted by Crippen LogP contribution is -2.20. The van der Waals surface area contributed by atoms with Crippen LogP contribution in [0.25, 0.3) is 0 Å². The van der Waals surface area contributed by atoms with Crippen LogP contribution in [0.5, 0.6) is 0 Å². The van der Waals surface area contributed by atoms with Crippen LogP contribution in [-0.4, -0.2) is 18.1 Å². The van der Waals surface area contributed by atoms with E-state index in [1.165, 1.54) is 6.07 Å². The van der Waals surface area contributed by atoms with Crippen molar-refractivity contribution in [2.45, 2.75) is 0 Å². The minimum atomic E-state index is -0.347. The van der Waals surface area contributed by atoms with Crippen LogP contribution in [0.4, 0.5) is 15.8 Å². The van der Waals surface area contributed by atoms with Crippen molar-refractivity contribution in [1.82, 2.24) is 0 Å². The highest BCUT2D eigenvalue weighted by Crippen LogP contribution is 2.31. The van der Waals surface area contributed by atoms with Crippen molar-refractivity contribution in [3.63, 3.8) is 0 Å². The first kappa shape index (κ1) is 14.3. The van der Waals surface area contributed by atoms with Gasteiger partial charge in [0.05, 0.1) is 11.4 Å². The summed E-state index contributed by atoms with van der Waals surface area (Å²) < 4.78 is 14.7. The summed E-state index contributed by atoms with van der Waals surface area (Å²) in [5.74, 6) is -0.379. The smallest absolute Gasteiger partial charge is 0.172 e. The second-order valence-electron chi connectivity index (χ2n) is 4.16. The zero-order valence-corrected chi connectivity index (χ0v) is 12.3. The van der Waals surface area contributed by atoms with E-state index in [1.807, 2.05) is 0 Å². The molecule has 0 aliphatic carbocycles. The fourth-order valence-corrected chi connectivity index (χ4v) is 2.26. The predicted molar refractivity (Wildman–Crippen MR) is 81.1 cm³/mol. The average Bonchev–Trinajstić information content (AvgIpc) is 2.46. The summed E-state index contributed by atoms with van der Waals surface area (Å²) in [4.78, 5) is 1.65. The van der Waals surface area contributed by atoms with Crippen LogP contribution in [0.1, 0.15) is 5.56 Å². The van der Waals surface area contributed by atoms with Crippen molar-refractivity contribution in [2.75, 3.05) is 11.9 Å². The maximum atomic E-state index is 13.9. The molecule has 104 valence electrons. The summed E-state index contributed by atoms with van der Waals surface area (Å²) in [7, 11) is 1.72. The molecule has 0 aliphatic rings. The minimum Gasteiger partial charge on any atom is -0.409 e. The standard InChI is InChI=1S/C14H13BrFN3O/c1-19(12-5-3-2-4-11(12)16)13-8-9(15)6-7-10(13)14(17)18-20/h2-8,20H,1H3,(H2,17,18). The number of halogens is 2. The van der Waals surface area contributed by atoms with E-state index in [4.69, 9.17) is 10.9 Å². The van der Waals surface area contributed by atoms with E-state index >= 15 is 0 Å². The topological polar surface area (TPSA) is 61.8 Å². The molecule has 0 heterocycles. The number of para-hydroxylation sites is 1. The molecule has 0 unspecified atom stereocenters. The fourth-order valence-electron chi connectivity index (χ4n) is 1.91. The van der Waals surface area contributed by atoms with Crippen LogP contribution >= 0.6 is 15.9 Å². The first-order valence-corrected chi connectivity index (χ1v) is 6.59. The van der Waals surface area contributed by atoms with Gasteiger partial charge in [-0.3, -0.25) is 0 Å². The van der Waals surface area contributed by atoms with Crippen LogP contribution in [0.15, 0.2) is 52.1 Å². The Hall–Kier alpha value is -2.08. The van der Waals surface area contributed by atoms with Crippen LogP contribution in [-0.2, 0) is 0 Å². The molecule has 2 aromatic rings. The Kier molecular flexibility index (Phi) is 4.24. The number of benzene rings is 2. The minimum absolute atomic E-state index is 0.0318. The molecule has 0 saturated carbocycles. The third-order valence-electron chi connectivity index (χ3n) is 2.92. The number of hydrogen-bond acceptors (Lipinski definition) is 3. The van der Waals surface area contributed by atoms with E-state index in [0.29, 0.717) is 16.9 Å². The van der Waals surface area contributed by atoms with E-state index in [9.17, 15) is 4.39 Å². The quantitative estimate of drug-likeness (QED) is 0.390. The van der Waals surface area contributed by atoms with Gasteiger partial charge in [0.1, 0.15) is 5.82 Å². The Morgan fingerprint density at radius 2 is 1.95 bits per heavy atom. The van der Waals surface area contributed by atoms with Crippen molar-refractivity contribution in [2.24, 2.45) is 10.9 Å². The van der Waals surface area contributed by atoms with Crippen molar-refractivity contribution in [3.05, 3.63) is 58.3 Å². The number of oxime groups is 1. The molecule has 0 saturated heterocycles. The number of nitrogens with two attached hydrogens (primary N) is 1. The average molecular weight is 338 g/mol. The highest BCUT2D eigenvalue weighted by molar-refractivity contribution is 9.10. The molecular weight excluding hydrogens is 325 g/mol. The summed E-state index contributed by atoms with van der Waals surface area (Å²) in [5.41, 5.74) is 7.20. The Labute approximate surface area is 124 Å². The normalized spacial score (nSPS) is 11.4. The first-order valence-electron chi connectivity index (χ1n) is 5.80. The van der Waals surface area contributed by atoms with Gasteiger partial charge in [0, 0.05) is 17.1 Å². The summed E-state index contributed by atoms with van der Waals surface area (Å²) in [6.45, 7) is 0. The molecule has 0 amide bonds. The van der Waals surface area contributed by atoms with Crippen molar-refractivity contribution >= 4 is 33.1 Å². The van der Waals surface area contributed by atoms with E-state index in [2.05, 4.69) is 21.1 Å². The molecule has 0 spiro atoms. The molecular formula is C14H13BrFN3O. The molecule has 0 aliphatic heterocycles. The Bertz CT molecular complexity index is 661. The van der Waals surface area contributed by atoms with Gasteiger partial charge in [0.25, 0.3) is 0 Å². The molecule has 0 radical (unpaired) electrons. The summed E-state index contributed by atoms with van der Waals surface area (Å²) in [6.07, 6.45) is 0. The zero-order chi connectivity index (χ0) is 14.7. The lowest BCUT2D eigenvalue weighted by molar-refractivity contribution is 0.318. The molecule has 0 atom stereocenters. The van der Waals surface area contributed by atoms with Gasteiger partial charge in [-0.1, -0.05) is 33.2 Å². The number of anilines is 2. The SMILES string of the molecule is CN(c1ccccc1F)c1cc(Br)ccc1/C(N)=N/O. The molecule has 6 heteroatoms. The monoisotopic (exact) mass is 337 g/mol. The summed E-state index contributed by atoms with van der Waals surface area (Å²) >= 11 is 3.36. The molecule has 20 heavy (non-hydrogen) atoms. The molecule has 3 N–H and O–H groups in total. The van der Waals surface area contributed by atoms with Crippen LogP contribution in [0.2, 0.25) is 0 Å². The second kappa shape index (κ2) is 5.92. The zero-order valence-electron chi connectivity index (χ0n) is 10.7. The van der Waals surface area contributed by atoms with Crippen molar-refractivity contribution < 1.29 is 9.60 Å². The third-order valence-corrected chi connectivity index (χ3v) is 3.41. The van der Waals surface area contributed by atoms with Crippen LogP contribution < -0.4 is 10.6 Å². The van der Waals surface area contributed by atoms with Gasteiger partial charge in [0.2, 0.25) is 0 Å². The van der Waals surface area contributed by atoms with E-state index in [0.717, 1.165) is 4.47 Å². The Balaban J connectivity index is 2.57. The van der Waals surface area contributed by atoms with E-state index < -0.39 is 0 Å². The molecule has 0 aromatic heterocycles. The number of rotatable bonds is 3. The third kappa shape index (κ3) is 2.75. The first-order chi connectivity index (χ1) is 9.54. The highest BCUT2D eigenvalue weighted by Gasteiger charge is 2.15. The molecule has 4 nitrogen and oxygen atoms in total. The van der Waals surface area contributed by atoms with Crippen LogP contribution in [0, 0.1) is 5.82 Å². The Morgan fingerprint density at radius 1 is 1.25 bits per heavy atom. The lowest BCUT2D eigenvalue weighted by atomic mass is 10.1. The molecule has 0 fully saturated rings. The lowest BCUT2D eigenvalue weighted by Gasteiger charge is -2.23. The molecule has 2 aromatic carbocycles. The maximum absolute atomic E-state index is 13.9. The van der Waals surface area contributed by atoms with Gasteiger partial charge in [-0.15, -0.1) is 0 Å². The maximum Gasteiger partial charge on any atom is 0.172 e. The van der Waals surface area contributed by atoms with Crippen molar-refractivity contribution in [1.29, 1.82) is 0 Å². The largest absolute Gasteiger partial charge is 0.409 e. The van der Waals surface area contributed by atoms with E-state index in [1.54, 1.807) is 48.3 Å². The van der Waals surface area contributed by atoms with Gasteiger partial charge < -0.3 is 15.8 Å². The van der Waals surface area contributed by atoms with Gasteiger partial charge in [-0.05, 0) is 30.3 Å².